The van der Waals surface area contributed by atoms with Crippen LogP contribution in [0.15, 0.2) is 53.7 Å². The normalized spacial score (nSPS) is 12.5. The molecule has 2 aromatic heterocycles. The van der Waals surface area contributed by atoms with E-state index in [1.807, 2.05) is 16.8 Å². The summed E-state index contributed by atoms with van der Waals surface area (Å²) in [4.78, 5) is 8.56. The second-order valence-electron chi connectivity index (χ2n) is 5.17. The van der Waals surface area contributed by atoms with E-state index in [9.17, 15) is 0 Å². The van der Waals surface area contributed by atoms with Crippen molar-refractivity contribution in [3.63, 3.8) is 0 Å². The maximum atomic E-state index is 4.41. The first-order valence-electron chi connectivity index (χ1n) is 7.00. The molecule has 0 aliphatic carbocycles. The molecular weight excluding hydrogens is 328 g/mol. The van der Waals surface area contributed by atoms with E-state index in [2.05, 4.69) is 62.4 Å². The van der Waals surface area contributed by atoms with E-state index in [1.165, 1.54) is 5.56 Å². The average molecular weight is 345 g/mol. The van der Waals surface area contributed by atoms with Gasteiger partial charge < -0.3 is 9.72 Å². The van der Waals surface area contributed by atoms with Gasteiger partial charge in [-0.15, -0.1) is 0 Å². The number of imidazole rings is 1. The second-order valence-corrected chi connectivity index (χ2v) is 6.09. The lowest BCUT2D eigenvalue weighted by Crippen LogP contribution is -2.17. The van der Waals surface area contributed by atoms with Gasteiger partial charge >= 0.3 is 0 Å². The molecule has 0 saturated heterocycles. The van der Waals surface area contributed by atoms with E-state index in [-0.39, 0.29) is 0 Å². The van der Waals surface area contributed by atoms with Gasteiger partial charge in [0.25, 0.3) is 0 Å². The van der Waals surface area contributed by atoms with E-state index in [0.29, 0.717) is 6.04 Å². The molecule has 1 N–H and O–H groups in total. The smallest absolute Gasteiger partial charge is 0.152 e. The van der Waals surface area contributed by atoms with Gasteiger partial charge in [-0.2, -0.15) is 0 Å². The summed E-state index contributed by atoms with van der Waals surface area (Å²) >= 11 is 3.46. The van der Waals surface area contributed by atoms with Crippen LogP contribution in [0.2, 0.25) is 0 Å². The van der Waals surface area contributed by atoms with Crippen molar-refractivity contribution >= 4 is 27.3 Å². The number of rotatable bonds is 5. The van der Waals surface area contributed by atoms with Crippen molar-refractivity contribution in [2.45, 2.75) is 25.8 Å². The zero-order chi connectivity index (χ0) is 14.7. The molecule has 1 unspecified atom stereocenters. The number of hydrogen-bond acceptors (Lipinski definition) is 3. The van der Waals surface area contributed by atoms with Crippen molar-refractivity contribution in [3.8, 4) is 0 Å². The molecule has 0 amide bonds. The third kappa shape index (κ3) is 3.42. The number of aryl methyl sites for hydroxylation is 1. The van der Waals surface area contributed by atoms with Gasteiger partial charge in [-0.25, -0.2) is 9.97 Å². The van der Waals surface area contributed by atoms with Crippen molar-refractivity contribution in [1.29, 1.82) is 0 Å². The second kappa shape index (κ2) is 6.26. The fraction of sp³-hybridized carbons (Fsp3) is 0.250. The van der Waals surface area contributed by atoms with Gasteiger partial charge in [0, 0.05) is 22.9 Å². The molecule has 0 aliphatic heterocycles. The van der Waals surface area contributed by atoms with Crippen LogP contribution in [0.5, 0.6) is 0 Å². The van der Waals surface area contributed by atoms with Crippen molar-refractivity contribution in [3.05, 3.63) is 59.2 Å². The van der Waals surface area contributed by atoms with Gasteiger partial charge in [0.2, 0.25) is 0 Å². The zero-order valence-corrected chi connectivity index (χ0v) is 13.4. The Balaban J connectivity index is 1.62. The van der Waals surface area contributed by atoms with E-state index < -0.39 is 0 Å². The lowest BCUT2D eigenvalue weighted by Gasteiger charge is -2.15. The van der Waals surface area contributed by atoms with Crippen LogP contribution in [0.25, 0.3) is 5.52 Å². The van der Waals surface area contributed by atoms with Crippen molar-refractivity contribution in [1.82, 2.24) is 14.4 Å². The maximum Gasteiger partial charge on any atom is 0.152 e. The fourth-order valence-corrected chi connectivity index (χ4v) is 2.57. The summed E-state index contributed by atoms with van der Waals surface area (Å²) in [6.07, 6.45) is 9.41. The van der Waals surface area contributed by atoms with Crippen molar-refractivity contribution in [2.75, 3.05) is 5.32 Å². The Morgan fingerprint density at radius 2 is 2.10 bits per heavy atom. The Bertz CT molecular complexity index is 720. The number of fused-ring (bicyclic) bond motifs is 1. The third-order valence-corrected chi connectivity index (χ3v) is 4.03. The summed E-state index contributed by atoms with van der Waals surface area (Å²) in [6, 6.07) is 8.84. The quantitative estimate of drug-likeness (QED) is 0.762. The first-order valence-corrected chi connectivity index (χ1v) is 7.79. The molecule has 1 aromatic carbocycles. The maximum absolute atomic E-state index is 4.41. The standard InChI is InChI=1S/C16H17BrN4/c1-12(2-3-13-4-6-14(17)7-5-13)20-16-15-10-18-11-21(15)9-8-19-16/h4-12H,2-3H2,1H3,(H,19,20). The summed E-state index contributed by atoms with van der Waals surface area (Å²) in [5.74, 6) is 0.887. The van der Waals surface area contributed by atoms with Crippen molar-refractivity contribution in [2.24, 2.45) is 0 Å². The third-order valence-electron chi connectivity index (χ3n) is 3.50. The van der Waals surface area contributed by atoms with Gasteiger partial charge in [0.15, 0.2) is 5.82 Å². The van der Waals surface area contributed by atoms with E-state index >= 15 is 0 Å². The van der Waals surface area contributed by atoms with Gasteiger partial charge in [-0.3, -0.25) is 0 Å². The first-order chi connectivity index (χ1) is 10.2. The largest absolute Gasteiger partial charge is 0.366 e. The van der Waals surface area contributed by atoms with E-state index in [0.717, 1.165) is 28.6 Å². The molecule has 3 rings (SSSR count). The van der Waals surface area contributed by atoms with Crippen LogP contribution in [-0.4, -0.2) is 20.4 Å². The van der Waals surface area contributed by atoms with E-state index in [1.54, 1.807) is 12.5 Å². The minimum atomic E-state index is 0.349. The minimum Gasteiger partial charge on any atom is -0.366 e. The number of nitrogens with one attached hydrogen (secondary N) is 1. The van der Waals surface area contributed by atoms with E-state index in [4.69, 9.17) is 0 Å². The van der Waals surface area contributed by atoms with Crippen LogP contribution >= 0.6 is 15.9 Å². The van der Waals surface area contributed by atoms with Crippen LogP contribution < -0.4 is 5.32 Å². The number of nitrogens with zero attached hydrogens (tertiary/aromatic N) is 3. The molecule has 2 heterocycles. The summed E-state index contributed by atoms with van der Waals surface area (Å²) in [7, 11) is 0. The Labute approximate surface area is 132 Å². The Morgan fingerprint density at radius 3 is 2.90 bits per heavy atom. The molecule has 21 heavy (non-hydrogen) atoms. The number of halogens is 1. The molecular formula is C16H17BrN4. The Morgan fingerprint density at radius 1 is 1.29 bits per heavy atom. The molecule has 1 atom stereocenters. The molecule has 0 bridgehead atoms. The molecule has 5 heteroatoms. The highest BCUT2D eigenvalue weighted by Crippen LogP contribution is 2.16. The number of aromatic nitrogens is 3. The topological polar surface area (TPSA) is 42.2 Å². The van der Waals surface area contributed by atoms with Crippen LogP contribution in [0, 0.1) is 0 Å². The first kappa shape index (κ1) is 14.1. The fourth-order valence-electron chi connectivity index (χ4n) is 2.30. The van der Waals surface area contributed by atoms with Gasteiger partial charge in [0.05, 0.1) is 12.5 Å². The number of benzene rings is 1. The highest BCUT2D eigenvalue weighted by molar-refractivity contribution is 9.10. The van der Waals surface area contributed by atoms with Gasteiger partial charge in [-0.05, 0) is 37.5 Å². The predicted octanol–water partition coefficient (Wildman–Crippen LogP) is 3.93. The zero-order valence-electron chi connectivity index (χ0n) is 11.8. The SMILES string of the molecule is CC(CCc1ccc(Br)cc1)Nc1nccn2cncc12. The minimum absolute atomic E-state index is 0.349. The summed E-state index contributed by atoms with van der Waals surface area (Å²) in [5, 5.41) is 3.47. The predicted molar refractivity (Wildman–Crippen MR) is 88.5 cm³/mol. The highest BCUT2D eigenvalue weighted by Gasteiger charge is 2.07. The van der Waals surface area contributed by atoms with Crippen molar-refractivity contribution < 1.29 is 0 Å². The van der Waals surface area contributed by atoms with Gasteiger partial charge in [-0.1, -0.05) is 28.1 Å². The summed E-state index contributed by atoms with van der Waals surface area (Å²) in [6.45, 7) is 2.18. The van der Waals surface area contributed by atoms with Crippen LogP contribution in [0.3, 0.4) is 0 Å². The highest BCUT2D eigenvalue weighted by atomic mass is 79.9. The average Bonchev–Trinajstić information content (AvgIpc) is 2.96. The molecule has 0 saturated carbocycles. The van der Waals surface area contributed by atoms with Crippen LogP contribution in [0.1, 0.15) is 18.9 Å². The monoisotopic (exact) mass is 344 g/mol. The Hall–Kier alpha value is -1.88. The lowest BCUT2D eigenvalue weighted by atomic mass is 10.1. The number of anilines is 1. The van der Waals surface area contributed by atoms with Crippen LogP contribution in [0.4, 0.5) is 5.82 Å². The molecule has 0 aliphatic rings. The van der Waals surface area contributed by atoms with Gasteiger partial charge in [0.1, 0.15) is 5.52 Å². The number of hydrogen-bond donors (Lipinski definition) is 1. The molecule has 4 nitrogen and oxygen atoms in total. The summed E-state index contributed by atoms with van der Waals surface area (Å²) in [5.41, 5.74) is 2.36. The molecule has 0 spiro atoms. The molecule has 3 aromatic rings. The van der Waals surface area contributed by atoms with Crippen LogP contribution in [-0.2, 0) is 6.42 Å². The molecule has 0 radical (unpaired) electrons. The molecule has 108 valence electrons. The lowest BCUT2D eigenvalue weighted by molar-refractivity contribution is 0.703. The Kier molecular flexibility index (Phi) is 4.20. The summed E-state index contributed by atoms with van der Waals surface area (Å²) < 4.78 is 3.09. The molecule has 0 fully saturated rings.